The smallest absolute Gasteiger partial charge is 0.230 e. The van der Waals surface area contributed by atoms with Crippen LogP contribution in [0.3, 0.4) is 0 Å². The molecule has 3 aromatic rings. The van der Waals surface area contributed by atoms with Crippen molar-refractivity contribution in [3.63, 3.8) is 0 Å². The van der Waals surface area contributed by atoms with Gasteiger partial charge in [-0.15, -0.1) is 0 Å². The summed E-state index contributed by atoms with van der Waals surface area (Å²) in [5.41, 5.74) is 3.46. The Balaban J connectivity index is 1.29. The molecule has 0 radical (unpaired) electrons. The molecule has 0 spiro atoms. The topological polar surface area (TPSA) is 65.3 Å². The molecule has 2 aliphatic rings. The summed E-state index contributed by atoms with van der Waals surface area (Å²) in [5, 5.41) is 4.36. The van der Waals surface area contributed by atoms with Crippen LogP contribution in [0.2, 0.25) is 0 Å². The van der Waals surface area contributed by atoms with Gasteiger partial charge in [-0.2, -0.15) is 4.98 Å². The van der Waals surface area contributed by atoms with Crippen molar-refractivity contribution in [2.24, 2.45) is 0 Å². The predicted molar refractivity (Wildman–Crippen MR) is 120 cm³/mol. The highest BCUT2D eigenvalue weighted by atomic mass is 15.3. The van der Waals surface area contributed by atoms with Crippen LogP contribution in [0.4, 0.5) is 17.5 Å². The third-order valence-corrected chi connectivity index (χ3v) is 6.26. The summed E-state index contributed by atoms with van der Waals surface area (Å²) in [5.74, 6) is 1.36. The fraction of sp³-hybridized carbons (Fsp3) is 0.500. The zero-order valence-corrected chi connectivity index (χ0v) is 18.0. The molecule has 0 aromatic carbocycles. The van der Waals surface area contributed by atoms with E-state index in [0.29, 0.717) is 12.0 Å². The van der Waals surface area contributed by atoms with Crippen molar-refractivity contribution in [2.75, 3.05) is 50.0 Å². The fourth-order valence-electron chi connectivity index (χ4n) is 4.42. The molecular formula is C22H30N8. The summed E-state index contributed by atoms with van der Waals surface area (Å²) in [4.78, 5) is 21.1. The number of hydrogen-bond donors (Lipinski definition) is 1. The Morgan fingerprint density at radius 3 is 2.53 bits per heavy atom. The number of hydrogen-bond acceptors (Lipinski definition) is 7. The first-order chi connectivity index (χ1) is 14.6. The van der Waals surface area contributed by atoms with Crippen LogP contribution >= 0.6 is 0 Å². The first-order valence-electron chi connectivity index (χ1n) is 10.8. The van der Waals surface area contributed by atoms with Crippen LogP contribution < -0.4 is 10.2 Å². The standard InChI is InChI=1S/C22H30N8/c1-16(2)28-7-9-29(10-8-28)18-4-5-20(23-14-18)25-22-24-13-17-12-19-15-27(3)6-11-30(19)21(17)26-22/h4-5,12-14,16H,6-11,15H2,1-3H3,(H,23,24,25,26). The summed E-state index contributed by atoms with van der Waals surface area (Å²) in [6, 6.07) is 6.95. The van der Waals surface area contributed by atoms with Gasteiger partial charge < -0.3 is 14.8 Å². The zero-order chi connectivity index (χ0) is 20.7. The Bertz CT molecular complexity index is 1020. The second-order valence-electron chi connectivity index (χ2n) is 8.64. The highest BCUT2D eigenvalue weighted by Gasteiger charge is 2.20. The average molecular weight is 407 g/mol. The molecule has 8 nitrogen and oxygen atoms in total. The van der Waals surface area contributed by atoms with Crippen molar-refractivity contribution in [1.82, 2.24) is 29.3 Å². The molecule has 3 aromatic heterocycles. The van der Waals surface area contributed by atoms with Crippen LogP contribution in [0.15, 0.2) is 30.6 Å². The summed E-state index contributed by atoms with van der Waals surface area (Å²) in [7, 11) is 2.15. The van der Waals surface area contributed by atoms with Crippen LogP contribution in [0.25, 0.3) is 11.0 Å². The lowest BCUT2D eigenvalue weighted by Gasteiger charge is -2.38. The van der Waals surface area contributed by atoms with Gasteiger partial charge in [0.05, 0.1) is 11.9 Å². The Hall–Kier alpha value is -2.71. The number of nitrogens with one attached hydrogen (secondary N) is 1. The maximum atomic E-state index is 4.77. The lowest BCUT2D eigenvalue weighted by atomic mass is 10.2. The maximum absolute atomic E-state index is 4.77. The number of aromatic nitrogens is 4. The number of nitrogens with zero attached hydrogens (tertiary/aromatic N) is 7. The van der Waals surface area contributed by atoms with Crippen LogP contribution in [0.1, 0.15) is 19.5 Å². The molecule has 1 saturated heterocycles. The minimum atomic E-state index is 0.591. The third kappa shape index (κ3) is 3.73. The molecule has 2 aliphatic heterocycles. The Morgan fingerprint density at radius 1 is 0.967 bits per heavy atom. The van der Waals surface area contributed by atoms with Gasteiger partial charge in [-0.3, -0.25) is 9.80 Å². The molecule has 1 N–H and O–H groups in total. The first-order valence-corrected chi connectivity index (χ1v) is 10.8. The van der Waals surface area contributed by atoms with Crippen LogP contribution in [-0.4, -0.2) is 75.1 Å². The van der Waals surface area contributed by atoms with Gasteiger partial charge in [0.25, 0.3) is 0 Å². The molecule has 0 atom stereocenters. The number of fused-ring (bicyclic) bond motifs is 3. The highest BCUT2D eigenvalue weighted by Crippen LogP contribution is 2.24. The van der Waals surface area contributed by atoms with Gasteiger partial charge in [0.1, 0.15) is 11.5 Å². The molecule has 0 bridgehead atoms. The Morgan fingerprint density at radius 2 is 1.80 bits per heavy atom. The minimum Gasteiger partial charge on any atom is -0.368 e. The molecule has 1 fully saturated rings. The summed E-state index contributed by atoms with van der Waals surface area (Å²) >= 11 is 0. The van der Waals surface area contributed by atoms with E-state index in [0.717, 1.165) is 62.7 Å². The lowest BCUT2D eigenvalue weighted by Crippen LogP contribution is -2.48. The summed E-state index contributed by atoms with van der Waals surface area (Å²) in [6.07, 6.45) is 3.85. The van der Waals surface area contributed by atoms with Crippen molar-refractivity contribution in [3.8, 4) is 0 Å². The SMILES string of the molecule is CC(C)N1CCN(c2ccc(Nc3ncc4cc5n(c4n3)CCN(C)C5)nc2)CC1. The van der Waals surface area contributed by atoms with E-state index in [-0.39, 0.29) is 0 Å². The molecule has 158 valence electrons. The van der Waals surface area contributed by atoms with E-state index in [1.165, 1.54) is 11.4 Å². The average Bonchev–Trinajstić information content (AvgIpc) is 3.11. The summed E-state index contributed by atoms with van der Waals surface area (Å²) in [6.45, 7) is 11.8. The van der Waals surface area contributed by atoms with E-state index in [1.807, 2.05) is 18.5 Å². The van der Waals surface area contributed by atoms with Crippen LogP contribution in [0.5, 0.6) is 0 Å². The molecule has 0 unspecified atom stereocenters. The van der Waals surface area contributed by atoms with E-state index in [1.54, 1.807) is 0 Å². The van der Waals surface area contributed by atoms with Gasteiger partial charge in [0.15, 0.2) is 0 Å². The van der Waals surface area contributed by atoms with Crippen LogP contribution in [-0.2, 0) is 13.1 Å². The molecule has 0 saturated carbocycles. The van der Waals surface area contributed by atoms with Gasteiger partial charge in [0.2, 0.25) is 5.95 Å². The summed E-state index contributed by atoms with van der Waals surface area (Å²) < 4.78 is 2.30. The Labute approximate surface area is 177 Å². The van der Waals surface area contributed by atoms with Gasteiger partial charge >= 0.3 is 0 Å². The quantitative estimate of drug-likeness (QED) is 0.714. The monoisotopic (exact) mass is 406 g/mol. The second kappa shape index (κ2) is 7.85. The number of rotatable bonds is 4. The number of anilines is 3. The van der Waals surface area contributed by atoms with Gasteiger partial charge in [-0.1, -0.05) is 0 Å². The normalized spacial score (nSPS) is 18.2. The number of pyridine rings is 1. The van der Waals surface area contributed by atoms with Crippen molar-refractivity contribution in [1.29, 1.82) is 0 Å². The maximum Gasteiger partial charge on any atom is 0.230 e. The first kappa shape index (κ1) is 19.3. The van der Waals surface area contributed by atoms with Gasteiger partial charge in [0, 0.05) is 69.1 Å². The van der Waals surface area contributed by atoms with E-state index in [4.69, 9.17) is 4.98 Å². The molecule has 0 aliphatic carbocycles. The molecule has 5 rings (SSSR count). The van der Waals surface area contributed by atoms with E-state index in [2.05, 4.69) is 67.6 Å². The van der Waals surface area contributed by atoms with E-state index >= 15 is 0 Å². The largest absolute Gasteiger partial charge is 0.368 e. The second-order valence-corrected chi connectivity index (χ2v) is 8.64. The Kier molecular flexibility index (Phi) is 5.04. The van der Waals surface area contributed by atoms with E-state index in [9.17, 15) is 0 Å². The number of piperazine rings is 1. The highest BCUT2D eigenvalue weighted by molar-refractivity contribution is 5.78. The zero-order valence-electron chi connectivity index (χ0n) is 18.0. The van der Waals surface area contributed by atoms with Crippen LogP contribution in [0, 0.1) is 0 Å². The molecule has 0 amide bonds. The van der Waals surface area contributed by atoms with Crippen molar-refractivity contribution < 1.29 is 0 Å². The fourth-order valence-corrected chi connectivity index (χ4v) is 4.42. The predicted octanol–water partition coefficient (Wildman–Crippen LogP) is 2.55. The molecular weight excluding hydrogens is 376 g/mol. The van der Waals surface area contributed by atoms with Crippen molar-refractivity contribution >= 4 is 28.5 Å². The van der Waals surface area contributed by atoms with Gasteiger partial charge in [-0.05, 0) is 39.1 Å². The third-order valence-electron chi connectivity index (χ3n) is 6.26. The minimum absolute atomic E-state index is 0.591. The lowest BCUT2D eigenvalue weighted by molar-refractivity contribution is 0.209. The van der Waals surface area contributed by atoms with E-state index < -0.39 is 0 Å². The molecule has 5 heterocycles. The number of likely N-dealkylation sites (N-methyl/N-ethyl adjacent to an activating group) is 1. The molecule has 8 heteroatoms. The molecule has 30 heavy (non-hydrogen) atoms. The van der Waals surface area contributed by atoms with Crippen molar-refractivity contribution in [2.45, 2.75) is 33.0 Å². The van der Waals surface area contributed by atoms with Gasteiger partial charge in [-0.25, -0.2) is 9.97 Å². The van der Waals surface area contributed by atoms with Crippen molar-refractivity contribution in [3.05, 3.63) is 36.3 Å².